The van der Waals surface area contributed by atoms with Crippen LogP contribution in [0.5, 0.6) is 0 Å². The van der Waals surface area contributed by atoms with E-state index in [2.05, 4.69) is 10.3 Å². The highest BCUT2D eigenvalue weighted by Crippen LogP contribution is 2.27. The molecule has 1 aromatic rings. The number of rotatable bonds is 5. The lowest BCUT2D eigenvalue weighted by atomic mass is 10.0. The summed E-state index contributed by atoms with van der Waals surface area (Å²) in [6, 6.07) is 3.65. The molecule has 1 aliphatic heterocycles. The summed E-state index contributed by atoms with van der Waals surface area (Å²) in [7, 11) is 0. The smallest absolute Gasteiger partial charge is 0.378 e. The summed E-state index contributed by atoms with van der Waals surface area (Å²) in [6.45, 7) is 0.731. The van der Waals surface area contributed by atoms with E-state index in [1.165, 1.54) is 12.1 Å². The summed E-state index contributed by atoms with van der Waals surface area (Å²) in [5, 5.41) is 2.59. The SMILES string of the molecule is O=C(CC[C@H]1CCCCO1)NCc1cccc(C(F)(F)F)n1. The van der Waals surface area contributed by atoms with Crippen molar-refractivity contribution < 1.29 is 22.7 Å². The zero-order valence-electron chi connectivity index (χ0n) is 12.2. The predicted octanol–water partition coefficient (Wildman–Crippen LogP) is 3.07. The first-order valence-corrected chi connectivity index (χ1v) is 7.36. The van der Waals surface area contributed by atoms with E-state index >= 15 is 0 Å². The van der Waals surface area contributed by atoms with Crippen LogP contribution in [-0.4, -0.2) is 23.6 Å². The lowest BCUT2D eigenvalue weighted by molar-refractivity contribution is -0.141. The van der Waals surface area contributed by atoms with Gasteiger partial charge < -0.3 is 10.1 Å². The fourth-order valence-corrected chi connectivity index (χ4v) is 2.34. The van der Waals surface area contributed by atoms with Crippen molar-refractivity contribution in [2.75, 3.05) is 6.61 Å². The van der Waals surface area contributed by atoms with Crippen molar-refractivity contribution in [2.45, 2.75) is 50.9 Å². The van der Waals surface area contributed by atoms with Gasteiger partial charge in [0, 0.05) is 13.0 Å². The minimum Gasteiger partial charge on any atom is -0.378 e. The third-order valence-corrected chi connectivity index (χ3v) is 3.53. The molecule has 0 bridgehead atoms. The third kappa shape index (κ3) is 5.29. The van der Waals surface area contributed by atoms with Crippen LogP contribution < -0.4 is 5.32 Å². The van der Waals surface area contributed by atoms with Gasteiger partial charge in [0.25, 0.3) is 0 Å². The van der Waals surface area contributed by atoms with Crippen LogP contribution in [0.15, 0.2) is 18.2 Å². The molecule has 1 amide bonds. The number of aromatic nitrogens is 1. The largest absolute Gasteiger partial charge is 0.433 e. The van der Waals surface area contributed by atoms with Crippen molar-refractivity contribution in [3.05, 3.63) is 29.6 Å². The second kappa shape index (κ2) is 7.58. The molecule has 0 spiro atoms. The summed E-state index contributed by atoms with van der Waals surface area (Å²) < 4.78 is 43.1. The molecule has 7 heteroatoms. The van der Waals surface area contributed by atoms with Crippen molar-refractivity contribution in [3.63, 3.8) is 0 Å². The van der Waals surface area contributed by atoms with Crippen LogP contribution in [0.2, 0.25) is 0 Å². The Bertz CT molecular complexity index is 500. The van der Waals surface area contributed by atoms with E-state index in [0.717, 1.165) is 31.9 Å². The number of carbonyl (C=O) groups excluding carboxylic acids is 1. The average Bonchev–Trinajstić information content (AvgIpc) is 2.51. The fourth-order valence-electron chi connectivity index (χ4n) is 2.34. The van der Waals surface area contributed by atoms with Crippen LogP contribution in [-0.2, 0) is 22.3 Å². The number of hydrogen-bond acceptors (Lipinski definition) is 3. The van der Waals surface area contributed by atoms with Crippen molar-refractivity contribution in [3.8, 4) is 0 Å². The van der Waals surface area contributed by atoms with Gasteiger partial charge in [-0.25, -0.2) is 4.98 Å². The Balaban J connectivity index is 1.76. The quantitative estimate of drug-likeness (QED) is 0.908. The van der Waals surface area contributed by atoms with Gasteiger partial charge in [-0.2, -0.15) is 13.2 Å². The number of nitrogens with one attached hydrogen (secondary N) is 1. The lowest BCUT2D eigenvalue weighted by Crippen LogP contribution is -2.26. The summed E-state index contributed by atoms with van der Waals surface area (Å²) in [4.78, 5) is 15.2. The first-order chi connectivity index (χ1) is 10.4. The van der Waals surface area contributed by atoms with Crippen LogP contribution in [0, 0.1) is 0 Å². The molecule has 1 fully saturated rings. The standard InChI is InChI=1S/C15H19F3N2O2/c16-15(17,18)13-6-3-4-11(20-13)10-19-14(21)8-7-12-5-1-2-9-22-12/h3-4,6,12H,1-2,5,7-10H2,(H,19,21)/t12-/m1/s1. The molecule has 2 heterocycles. The van der Waals surface area contributed by atoms with Gasteiger partial charge in [-0.05, 0) is 37.8 Å². The normalized spacial score (nSPS) is 19.0. The minimum absolute atomic E-state index is 0.00568. The van der Waals surface area contributed by atoms with E-state index in [1.54, 1.807) is 0 Å². The molecule has 0 aromatic carbocycles. The van der Waals surface area contributed by atoms with Gasteiger partial charge in [-0.3, -0.25) is 4.79 Å². The minimum atomic E-state index is -4.47. The molecule has 22 heavy (non-hydrogen) atoms. The highest BCUT2D eigenvalue weighted by molar-refractivity contribution is 5.75. The van der Waals surface area contributed by atoms with Crippen molar-refractivity contribution in [1.82, 2.24) is 10.3 Å². The molecule has 122 valence electrons. The Morgan fingerprint density at radius 1 is 1.36 bits per heavy atom. The van der Waals surface area contributed by atoms with E-state index in [1.807, 2.05) is 0 Å². The Hall–Kier alpha value is -1.63. The Morgan fingerprint density at radius 2 is 2.18 bits per heavy atom. The van der Waals surface area contributed by atoms with E-state index in [4.69, 9.17) is 4.74 Å². The number of amides is 1. The maximum Gasteiger partial charge on any atom is 0.433 e. The second-order valence-corrected chi connectivity index (χ2v) is 5.32. The van der Waals surface area contributed by atoms with E-state index in [-0.39, 0.29) is 24.2 Å². The summed E-state index contributed by atoms with van der Waals surface area (Å²) in [5.41, 5.74) is -0.757. The van der Waals surface area contributed by atoms with Crippen LogP contribution in [0.25, 0.3) is 0 Å². The van der Waals surface area contributed by atoms with Gasteiger partial charge in [-0.1, -0.05) is 6.07 Å². The zero-order valence-corrected chi connectivity index (χ0v) is 12.2. The molecule has 1 atom stereocenters. The molecule has 1 aromatic heterocycles. The average molecular weight is 316 g/mol. The maximum absolute atomic E-state index is 12.5. The highest BCUT2D eigenvalue weighted by atomic mass is 19.4. The number of alkyl halides is 3. The van der Waals surface area contributed by atoms with Gasteiger partial charge in [0.1, 0.15) is 5.69 Å². The number of ether oxygens (including phenoxy) is 1. The van der Waals surface area contributed by atoms with Crippen LogP contribution in [0.4, 0.5) is 13.2 Å². The molecule has 1 saturated heterocycles. The number of hydrogen-bond donors (Lipinski definition) is 1. The topological polar surface area (TPSA) is 51.2 Å². The van der Waals surface area contributed by atoms with E-state index in [0.29, 0.717) is 12.8 Å². The molecule has 4 nitrogen and oxygen atoms in total. The molecule has 0 aliphatic carbocycles. The number of pyridine rings is 1. The van der Waals surface area contributed by atoms with Gasteiger partial charge >= 0.3 is 6.18 Å². The Kier molecular flexibility index (Phi) is 5.76. The van der Waals surface area contributed by atoms with Crippen LogP contribution >= 0.6 is 0 Å². The van der Waals surface area contributed by atoms with Crippen LogP contribution in [0.3, 0.4) is 0 Å². The Morgan fingerprint density at radius 3 is 2.86 bits per heavy atom. The van der Waals surface area contributed by atoms with Crippen molar-refractivity contribution in [2.24, 2.45) is 0 Å². The number of carbonyl (C=O) groups is 1. The number of nitrogens with zero attached hydrogens (tertiary/aromatic N) is 1. The molecule has 0 radical (unpaired) electrons. The van der Waals surface area contributed by atoms with Gasteiger partial charge in [0.15, 0.2) is 0 Å². The van der Waals surface area contributed by atoms with Gasteiger partial charge in [0.05, 0.1) is 18.3 Å². The third-order valence-electron chi connectivity index (χ3n) is 3.53. The molecule has 0 unspecified atom stereocenters. The molecule has 1 N–H and O–H groups in total. The molecule has 0 saturated carbocycles. The van der Waals surface area contributed by atoms with Crippen LogP contribution in [0.1, 0.15) is 43.5 Å². The fraction of sp³-hybridized carbons (Fsp3) is 0.600. The maximum atomic E-state index is 12.5. The first kappa shape index (κ1) is 16.7. The monoisotopic (exact) mass is 316 g/mol. The lowest BCUT2D eigenvalue weighted by Gasteiger charge is -2.22. The van der Waals surface area contributed by atoms with Crippen molar-refractivity contribution >= 4 is 5.91 Å². The molecule has 1 aliphatic rings. The second-order valence-electron chi connectivity index (χ2n) is 5.32. The van der Waals surface area contributed by atoms with Crippen molar-refractivity contribution in [1.29, 1.82) is 0 Å². The summed E-state index contributed by atoms with van der Waals surface area (Å²) in [6.07, 6.45) is -0.275. The summed E-state index contributed by atoms with van der Waals surface area (Å²) in [5.74, 6) is -0.201. The number of halogens is 3. The van der Waals surface area contributed by atoms with E-state index in [9.17, 15) is 18.0 Å². The molecular formula is C15H19F3N2O2. The molecular weight excluding hydrogens is 297 g/mol. The van der Waals surface area contributed by atoms with E-state index < -0.39 is 11.9 Å². The van der Waals surface area contributed by atoms with Gasteiger partial charge in [-0.15, -0.1) is 0 Å². The Labute approximate surface area is 127 Å². The highest BCUT2D eigenvalue weighted by Gasteiger charge is 2.32. The zero-order chi connectivity index (χ0) is 16.0. The summed E-state index contributed by atoms with van der Waals surface area (Å²) >= 11 is 0. The molecule has 2 rings (SSSR count). The first-order valence-electron chi connectivity index (χ1n) is 7.36. The van der Waals surface area contributed by atoms with Gasteiger partial charge in [0.2, 0.25) is 5.91 Å². The predicted molar refractivity (Wildman–Crippen MR) is 73.9 cm³/mol.